The lowest BCUT2D eigenvalue weighted by molar-refractivity contribution is 0.340. The summed E-state index contributed by atoms with van der Waals surface area (Å²) >= 11 is 0. The van der Waals surface area contributed by atoms with Crippen molar-refractivity contribution < 1.29 is 9.84 Å². The smallest absolute Gasteiger partial charge is 0.119 e. The van der Waals surface area contributed by atoms with Crippen molar-refractivity contribution >= 4 is 0 Å². The first-order chi connectivity index (χ1) is 9.69. The van der Waals surface area contributed by atoms with Gasteiger partial charge in [-0.25, -0.2) is 0 Å². The van der Waals surface area contributed by atoms with Crippen molar-refractivity contribution in [2.75, 3.05) is 6.61 Å². The molecule has 0 amide bonds. The number of phenolic OH excluding ortho intramolecular Hbond substituents is 1. The average Bonchev–Trinajstić information content (AvgIpc) is 2.47. The van der Waals surface area contributed by atoms with E-state index >= 15 is 0 Å². The second kappa shape index (κ2) is 6.96. The number of phenols is 1. The van der Waals surface area contributed by atoms with Crippen LogP contribution in [0.3, 0.4) is 0 Å². The van der Waals surface area contributed by atoms with E-state index in [1.165, 1.54) is 5.56 Å². The van der Waals surface area contributed by atoms with Crippen LogP contribution in [0.5, 0.6) is 11.5 Å². The molecule has 2 aromatic carbocycles. The molecule has 0 saturated heterocycles. The van der Waals surface area contributed by atoms with E-state index in [2.05, 4.69) is 24.4 Å². The number of nitrogens with one attached hydrogen (secondary N) is 1. The molecule has 3 nitrogen and oxygen atoms in total. The van der Waals surface area contributed by atoms with Crippen LogP contribution >= 0.6 is 0 Å². The zero-order chi connectivity index (χ0) is 14.4. The largest absolute Gasteiger partial charge is 0.508 e. The lowest BCUT2D eigenvalue weighted by Crippen LogP contribution is -2.17. The number of benzene rings is 2. The molecule has 0 aromatic heterocycles. The van der Waals surface area contributed by atoms with E-state index in [0.29, 0.717) is 12.4 Å². The van der Waals surface area contributed by atoms with Gasteiger partial charge in [-0.2, -0.15) is 0 Å². The minimum atomic E-state index is 0.263. The van der Waals surface area contributed by atoms with Crippen LogP contribution in [0.15, 0.2) is 48.5 Å². The Morgan fingerprint density at radius 2 is 1.70 bits per heavy atom. The Bertz CT molecular complexity index is 520. The molecule has 2 aromatic rings. The van der Waals surface area contributed by atoms with Gasteiger partial charge in [-0.3, -0.25) is 0 Å². The predicted molar refractivity (Wildman–Crippen MR) is 81.0 cm³/mol. The van der Waals surface area contributed by atoms with Crippen LogP contribution < -0.4 is 10.1 Å². The predicted octanol–water partition coefficient (Wildman–Crippen LogP) is 3.64. The molecule has 3 heteroatoms. The number of hydrogen-bond donors (Lipinski definition) is 2. The third-order valence-electron chi connectivity index (χ3n) is 3.24. The molecular weight excluding hydrogens is 250 g/mol. The molecule has 1 atom stereocenters. The SMILES string of the molecule is CCOc1ccc(C(C)NCc2ccc(O)cc2)cc1. The summed E-state index contributed by atoms with van der Waals surface area (Å²) in [7, 11) is 0. The monoisotopic (exact) mass is 271 g/mol. The minimum Gasteiger partial charge on any atom is -0.508 e. The Morgan fingerprint density at radius 1 is 1.05 bits per heavy atom. The average molecular weight is 271 g/mol. The van der Waals surface area contributed by atoms with E-state index in [1.807, 2.05) is 31.2 Å². The molecule has 0 aliphatic rings. The topological polar surface area (TPSA) is 41.5 Å². The first-order valence-electron chi connectivity index (χ1n) is 6.93. The molecule has 0 spiro atoms. The van der Waals surface area contributed by atoms with E-state index in [9.17, 15) is 5.11 Å². The van der Waals surface area contributed by atoms with Gasteiger partial charge in [-0.05, 0) is 49.2 Å². The van der Waals surface area contributed by atoms with Gasteiger partial charge in [-0.1, -0.05) is 24.3 Å². The van der Waals surface area contributed by atoms with Crippen LogP contribution in [0.4, 0.5) is 0 Å². The fourth-order valence-electron chi connectivity index (χ4n) is 2.02. The van der Waals surface area contributed by atoms with Gasteiger partial charge in [0.25, 0.3) is 0 Å². The van der Waals surface area contributed by atoms with Crippen LogP contribution in [-0.2, 0) is 6.54 Å². The van der Waals surface area contributed by atoms with Crippen LogP contribution in [0.1, 0.15) is 31.0 Å². The van der Waals surface area contributed by atoms with Gasteiger partial charge in [0.15, 0.2) is 0 Å². The molecule has 106 valence electrons. The molecule has 0 bridgehead atoms. The fourth-order valence-corrected chi connectivity index (χ4v) is 2.02. The lowest BCUT2D eigenvalue weighted by Gasteiger charge is -2.15. The summed E-state index contributed by atoms with van der Waals surface area (Å²) in [5.74, 6) is 1.20. The summed E-state index contributed by atoms with van der Waals surface area (Å²) in [6.07, 6.45) is 0. The molecule has 0 aliphatic heterocycles. The summed E-state index contributed by atoms with van der Waals surface area (Å²) in [5.41, 5.74) is 2.38. The van der Waals surface area contributed by atoms with Gasteiger partial charge in [0.05, 0.1) is 6.61 Å². The molecule has 0 saturated carbocycles. The summed E-state index contributed by atoms with van der Waals surface area (Å²) in [6.45, 7) is 5.58. The van der Waals surface area contributed by atoms with E-state index < -0.39 is 0 Å². The van der Waals surface area contributed by atoms with Crippen LogP contribution in [0, 0.1) is 0 Å². The van der Waals surface area contributed by atoms with Crippen molar-refractivity contribution in [3.05, 3.63) is 59.7 Å². The molecular formula is C17H21NO2. The summed E-state index contributed by atoms with van der Waals surface area (Å²) in [4.78, 5) is 0. The van der Waals surface area contributed by atoms with Gasteiger partial charge in [-0.15, -0.1) is 0 Å². The summed E-state index contributed by atoms with van der Waals surface area (Å²) in [6, 6.07) is 15.7. The highest BCUT2D eigenvalue weighted by atomic mass is 16.5. The number of hydrogen-bond acceptors (Lipinski definition) is 3. The van der Waals surface area contributed by atoms with Crippen molar-refractivity contribution in [3.8, 4) is 11.5 Å². The third-order valence-corrected chi connectivity index (χ3v) is 3.24. The second-order valence-electron chi connectivity index (χ2n) is 4.77. The lowest BCUT2D eigenvalue weighted by atomic mass is 10.1. The van der Waals surface area contributed by atoms with Gasteiger partial charge < -0.3 is 15.2 Å². The highest BCUT2D eigenvalue weighted by Gasteiger charge is 2.05. The number of rotatable bonds is 6. The van der Waals surface area contributed by atoms with Gasteiger partial charge in [0.1, 0.15) is 11.5 Å². The maximum atomic E-state index is 9.25. The zero-order valence-electron chi connectivity index (χ0n) is 12.0. The van der Waals surface area contributed by atoms with Gasteiger partial charge in [0.2, 0.25) is 0 Å². The molecule has 0 fully saturated rings. The fraction of sp³-hybridized carbons (Fsp3) is 0.294. The Balaban J connectivity index is 1.90. The van der Waals surface area contributed by atoms with E-state index in [4.69, 9.17) is 4.74 Å². The van der Waals surface area contributed by atoms with E-state index in [1.54, 1.807) is 12.1 Å². The van der Waals surface area contributed by atoms with Crippen LogP contribution in [0.2, 0.25) is 0 Å². The van der Waals surface area contributed by atoms with Crippen molar-refractivity contribution in [1.29, 1.82) is 0 Å². The van der Waals surface area contributed by atoms with Crippen molar-refractivity contribution in [2.24, 2.45) is 0 Å². The number of ether oxygens (including phenoxy) is 1. The van der Waals surface area contributed by atoms with Gasteiger partial charge >= 0.3 is 0 Å². The highest BCUT2D eigenvalue weighted by Crippen LogP contribution is 2.18. The van der Waals surface area contributed by atoms with Crippen molar-refractivity contribution in [2.45, 2.75) is 26.4 Å². The maximum Gasteiger partial charge on any atom is 0.119 e. The standard InChI is InChI=1S/C17H21NO2/c1-3-20-17-10-6-15(7-11-17)13(2)18-12-14-4-8-16(19)9-5-14/h4-11,13,18-19H,3,12H2,1-2H3. The Hall–Kier alpha value is -2.00. The van der Waals surface area contributed by atoms with Crippen molar-refractivity contribution in [1.82, 2.24) is 5.32 Å². The second-order valence-corrected chi connectivity index (χ2v) is 4.77. The zero-order valence-corrected chi connectivity index (χ0v) is 12.0. The Kier molecular flexibility index (Phi) is 5.02. The maximum absolute atomic E-state index is 9.25. The first kappa shape index (κ1) is 14.4. The van der Waals surface area contributed by atoms with Crippen LogP contribution in [0.25, 0.3) is 0 Å². The minimum absolute atomic E-state index is 0.263. The molecule has 1 unspecified atom stereocenters. The molecule has 0 aliphatic carbocycles. The highest BCUT2D eigenvalue weighted by molar-refractivity contribution is 5.29. The van der Waals surface area contributed by atoms with Crippen LogP contribution in [-0.4, -0.2) is 11.7 Å². The van der Waals surface area contributed by atoms with E-state index in [-0.39, 0.29) is 6.04 Å². The molecule has 2 rings (SSSR count). The Labute approximate surface area is 120 Å². The third kappa shape index (κ3) is 4.00. The molecule has 0 radical (unpaired) electrons. The normalized spacial score (nSPS) is 12.1. The summed E-state index contributed by atoms with van der Waals surface area (Å²) < 4.78 is 5.44. The molecule has 20 heavy (non-hydrogen) atoms. The quantitative estimate of drug-likeness (QED) is 0.842. The summed E-state index contributed by atoms with van der Waals surface area (Å²) in [5, 5.41) is 12.7. The van der Waals surface area contributed by atoms with Crippen molar-refractivity contribution in [3.63, 3.8) is 0 Å². The van der Waals surface area contributed by atoms with Gasteiger partial charge in [0, 0.05) is 12.6 Å². The van der Waals surface area contributed by atoms with E-state index in [0.717, 1.165) is 17.9 Å². The Morgan fingerprint density at radius 3 is 2.30 bits per heavy atom. The molecule has 2 N–H and O–H groups in total. The first-order valence-corrected chi connectivity index (χ1v) is 6.93. The number of aromatic hydroxyl groups is 1. The molecule has 0 heterocycles.